The maximum absolute atomic E-state index is 2.48. The fourth-order valence-corrected chi connectivity index (χ4v) is 2.30. The van der Waals surface area contributed by atoms with Gasteiger partial charge in [-0.1, -0.05) is 36.6 Å². The highest BCUT2D eigenvalue weighted by molar-refractivity contribution is 5.43. The van der Waals surface area contributed by atoms with Crippen LogP contribution in [-0.2, 0) is 0 Å². The van der Waals surface area contributed by atoms with Gasteiger partial charge in [0.15, 0.2) is 0 Å². The molecule has 0 aliphatic heterocycles. The molecule has 0 aromatic rings. The van der Waals surface area contributed by atoms with Crippen LogP contribution in [0.1, 0.15) is 46.0 Å². The maximum Gasteiger partial charge on any atom is 0.00237 e. The van der Waals surface area contributed by atoms with Gasteiger partial charge in [-0.05, 0) is 32.6 Å². The van der Waals surface area contributed by atoms with E-state index < -0.39 is 0 Å². The molecule has 1 spiro atoms. The van der Waals surface area contributed by atoms with E-state index in [4.69, 9.17) is 0 Å². The minimum absolute atomic E-state index is 0.705. The van der Waals surface area contributed by atoms with Crippen LogP contribution < -0.4 is 0 Å². The highest BCUT2D eigenvalue weighted by Crippen LogP contribution is 2.67. The summed E-state index contributed by atoms with van der Waals surface area (Å²) >= 11 is 0. The van der Waals surface area contributed by atoms with Gasteiger partial charge >= 0.3 is 0 Å². The van der Waals surface area contributed by atoms with Crippen molar-refractivity contribution in [1.82, 2.24) is 0 Å². The highest BCUT2D eigenvalue weighted by atomic mass is 14.6. The first-order valence-corrected chi connectivity index (χ1v) is 5.14. The van der Waals surface area contributed by atoms with Crippen LogP contribution in [0.3, 0.4) is 0 Å². The summed E-state index contributed by atoms with van der Waals surface area (Å²) < 4.78 is 0. The molecule has 0 nitrogen and oxygen atoms in total. The number of hydrogen-bond donors (Lipinski definition) is 0. The van der Waals surface area contributed by atoms with E-state index in [9.17, 15) is 0 Å². The van der Waals surface area contributed by atoms with Gasteiger partial charge < -0.3 is 0 Å². The average molecular weight is 162 g/mol. The van der Waals surface area contributed by atoms with Crippen LogP contribution >= 0.6 is 0 Å². The lowest BCUT2D eigenvalue weighted by atomic mass is 9.76. The van der Waals surface area contributed by atoms with E-state index in [0.717, 1.165) is 0 Å². The average Bonchev–Trinajstić information content (AvgIpc) is 2.72. The summed E-state index contributed by atoms with van der Waals surface area (Å²) in [7, 11) is 0. The third-order valence-electron chi connectivity index (χ3n) is 3.30. The van der Waals surface area contributed by atoms with E-state index in [0.29, 0.717) is 5.41 Å². The predicted octanol–water partition coefficient (Wildman–Crippen LogP) is 3.84. The molecule has 0 heteroatoms. The van der Waals surface area contributed by atoms with Crippen molar-refractivity contribution in [2.75, 3.05) is 0 Å². The second kappa shape index (κ2) is 2.76. The lowest BCUT2D eigenvalue weighted by Gasteiger charge is -2.28. The fourth-order valence-electron chi connectivity index (χ4n) is 2.30. The van der Waals surface area contributed by atoms with E-state index in [1.165, 1.54) is 32.1 Å². The molecule has 0 unspecified atom stereocenters. The molecule has 2 saturated carbocycles. The Morgan fingerprint density at radius 1 is 1.33 bits per heavy atom. The van der Waals surface area contributed by atoms with E-state index in [2.05, 4.69) is 26.0 Å². The SMILES string of the molecule is CC=C1CC2(C1)C/C2=C\CCC. The molecule has 0 atom stereocenters. The standard InChI is InChI=1S/C12H18/c1-3-5-6-11-9-12(11)7-10(4-2)8-12/h4,6H,3,5,7-9H2,1-2H3/b10-4?,11-6+. The van der Waals surface area contributed by atoms with Crippen molar-refractivity contribution >= 4 is 0 Å². The van der Waals surface area contributed by atoms with Gasteiger partial charge in [-0.25, -0.2) is 0 Å². The molecule has 0 aromatic heterocycles. The third kappa shape index (κ3) is 1.14. The summed E-state index contributed by atoms with van der Waals surface area (Å²) in [5, 5.41) is 0. The summed E-state index contributed by atoms with van der Waals surface area (Å²) in [5.41, 5.74) is 4.14. The van der Waals surface area contributed by atoms with Crippen LogP contribution in [0.5, 0.6) is 0 Å². The summed E-state index contributed by atoms with van der Waals surface area (Å²) in [6, 6.07) is 0. The van der Waals surface area contributed by atoms with Crippen molar-refractivity contribution in [3.05, 3.63) is 23.3 Å². The molecule has 66 valence electrons. The number of unbranched alkanes of at least 4 members (excludes halogenated alkanes) is 1. The van der Waals surface area contributed by atoms with Gasteiger partial charge in [0, 0.05) is 5.41 Å². The van der Waals surface area contributed by atoms with Gasteiger partial charge in [-0.15, -0.1) is 0 Å². The van der Waals surface area contributed by atoms with Gasteiger partial charge in [-0.3, -0.25) is 0 Å². The molecule has 0 radical (unpaired) electrons. The zero-order chi connectivity index (χ0) is 8.60. The second-order valence-electron chi connectivity index (χ2n) is 4.28. The number of hydrogen-bond acceptors (Lipinski definition) is 0. The molecule has 0 aromatic carbocycles. The third-order valence-corrected chi connectivity index (χ3v) is 3.30. The Kier molecular flexibility index (Phi) is 1.86. The minimum Gasteiger partial charge on any atom is -0.0884 e. The Labute approximate surface area is 75.4 Å². The molecule has 2 aliphatic carbocycles. The molecule has 12 heavy (non-hydrogen) atoms. The quantitative estimate of drug-likeness (QED) is 0.541. The lowest BCUT2D eigenvalue weighted by Crippen LogP contribution is -2.15. The topological polar surface area (TPSA) is 0 Å². The van der Waals surface area contributed by atoms with Crippen LogP contribution in [0.2, 0.25) is 0 Å². The first kappa shape index (κ1) is 8.10. The van der Waals surface area contributed by atoms with Crippen LogP contribution in [-0.4, -0.2) is 0 Å². The Morgan fingerprint density at radius 2 is 2.08 bits per heavy atom. The zero-order valence-electron chi connectivity index (χ0n) is 8.19. The molecular weight excluding hydrogens is 144 g/mol. The monoisotopic (exact) mass is 162 g/mol. The van der Waals surface area contributed by atoms with Crippen molar-refractivity contribution in [2.45, 2.75) is 46.0 Å². The van der Waals surface area contributed by atoms with Crippen molar-refractivity contribution in [3.8, 4) is 0 Å². The first-order valence-electron chi connectivity index (χ1n) is 5.14. The summed E-state index contributed by atoms with van der Waals surface area (Å²) in [6.45, 7) is 4.42. The molecule has 2 fully saturated rings. The maximum atomic E-state index is 2.48. The number of rotatable bonds is 2. The van der Waals surface area contributed by atoms with E-state index >= 15 is 0 Å². The van der Waals surface area contributed by atoms with Crippen LogP contribution in [0.25, 0.3) is 0 Å². The van der Waals surface area contributed by atoms with Crippen LogP contribution in [0.15, 0.2) is 23.3 Å². The van der Waals surface area contributed by atoms with Crippen LogP contribution in [0.4, 0.5) is 0 Å². The van der Waals surface area contributed by atoms with Crippen molar-refractivity contribution < 1.29 is 0 Å². The molecule has 0 heterocycles. The van der Waals surface area contributed by atoms with Gasteiger partial charge in [0.1, 0.15) is 0 Å². The van der Waals surface area contributed by atoms with Crippen molar-refractivity contribution in [3.63, 3.8) is 0 Å². The highest BCUT2D eigenvalue weighted by Gasteiger charge is 2.54. The molecule has 0 amide bonds. The Bertz CT molecular complexity index is 235. The Hall–Kier alpha value is -0.520. The lowest BCUT2D eigenvalue weighted by molar-refractivity contribution is 0.416. The van der Waals surface area contributed by atoms with E-state index in [1.807, 2.05) is 0 Å². The summed E-state index contributed by atoms with van der Waals surface area (Å²) in [6.07, 6.45) is 11.5. The molecule has 2 aliphatic rings. The van der Waals surface area contributed by atoms with E-state index in [-0.39, 0.29) is 0 Å². The second-order valence-corrected chi connectivity index (χ2v) is 4.28. The molecule has 2 rings (SSSR count). The Morgan fingerprint density at radius 3 is 2.67 bits per heavy atom. The Balaban J connectivity index is 1.88. The first-order chi connectivity index (χ1) is 5.80. The van der Waals surface area contributed by atoms with Crippen LogP contribution in [0, 0.1) is 5.41 Å². The fraction of sp³-hybridized carbons (Fsp3) is 0.667. The van der Waals surface area contributed by atoms with Gasteiger partial charge in [-0.2, -0.15) is 0 Å². The van der Waals surface area contributed by atoms with Gasteiger partial charge in [0.25, 0.3) is 0 Å². The molecule has 0 bridgehead atoms. The number of allylic oxidation sites excluding steroid dienone is 4. The smallest absolute Gasteiger partial charge is 0.00237 e. The van der Waals surface area contributed by atoms with Crippen molar-refractivity contribution in [1.29, 1.82) is 0 Å². The zero-order valence-corrected chi connectivity index (χ0v) is 8.19. The van der Waals surface area contributed by atoms with Gasteiger partial charge in [0.05, 0.1) is 0 Å². The predicted molar refractivity (Wildman–Crippen MR) is 53.0 cm³/mol. The van der Waals surface area contributed by atoms with Gasteiger partial charge in [0.2, 0.25) is 0 Å². The summed E-state index contributed by atoms with van der Waals surface area (Å²) in [4.78, 5) is 0. The minimum atomic E-state index is 0.705. The largest absolute Gasteiger partial charge is 0.0884 e. The summed E-state index contributed by atoms with van der Waals surface area (Å²) in [5.74, 6) is 0. The molecular formula is C12H18. The molecule has 0 saturated heterocycles. The van der Waals surface area contributed by atoms with E-state index in [1.54, 1.807) is 11.1 Å². The normalized spacial score (nSPS) is 35.5. The van der Waals surface area contributed by atoms with Crippen molar-refractivity contribution in [2.24, 2.45) is 5.41 Å². The molecule has 0 N–H and O–H groups in total.